The van der Waals surface area contributed by atoms with Crippen LogP contribution in [-0.4, -0.2) is 68.2 Å². The van der Waals surface area contributed by atoms with Crippen molar-refractivity contribution < 1.29 is 50.9 Å². The van der Waals surface area contributed by atoms with Gasteiger partial charge in [0.25, 0.3) is 5.91 Å². The highest BCUT2D eigenvalue weighted by Gasteiger charge is 2.38. The number of ether oxygens (including phenoxy) is 3. The first kappa shape index (κ1) is 35.9. The van der Waals surface area contributed by atoms with Crippen LogP contribution in [0.4, 0.5) is 27.6 Å². The number of carboxylic acids is 1. The smallest absolute Gasteiger partial charge is 0.408 e. The second kappa shape index (κ2) is 15.3. The maximum atomic E-state index is 14.9. The summed E-state index contributed by atoms with van der Waals surface area (Å²) in [5, 5.41) is 15.3. The van der Waals surface area contributed by atoms with Gasteiger partial charge < -0.3 is 30.0 Å². The number of rotatable bonds is 14. The summed E-state index contributed by atoms with van der Waals surface area (Å²) in [4.78, 5) is 29.9. The Bertz CT molecular complexity index is 1750. The first-order chi connectivity index (χ1) is 22.8. The predicted octanol–water partition coefficient (Wildman–Crippen LogP) is 6.56. The number of amides is 1. The zero-order chi connectivity index (χ0) is 35.2. The number of halogens is 5. The number of carboxylic acid groups (broad SMARTS) is 1. The average molecular weight is 676 g/mol. The van der Waals surface area contributed by atoms with Crippen molar-refractivity contribution in [1.29, 1.82) is 0 Å². The van der Waals surface area contributed by atoms with Gasteiger partial charge in [0.05, 0.1) is 32.1 Å². The van der Waals surface area contributed by atoms with Crippen LogP contribution in [0, 0.1) is 11.6 Å². The summed E-state index contributed by atoms with van der Waals surface area (Å²) in [6, 6.07) is 8.04. The molecule has 0 fully saturated rings. The van der Waals surface area contributed by atoms with Gasteiger partial charge in [-0.1, -0.05) is 31.2 Å². The quantitative estimate of drug-likeness (QED) is 0.129. The monoisotopic (exact) mass is 675 g/mol. The van der Waals surface area contributed by atoms with Crippen LogP contribution in [0.1, 0.15) is 34.8 Å². The van der Waals surface area contributed by atoms with Gasteiger partial charge >= 0.3 is 12.1 Å². The fourth-order valence-electron chi connectivity index (χ4n) is 5.32. The standard InChI is InChI=1S/C34H34F5N3O6/c1-5-28(34(37,38)39)41-20-15-23(35)29(24(36)16-20)32(43)42-25(33(44)45)14-19-17-40-31(22-9-7-6-8-21(19)22)30-26(47-3)12-18(10-11-46-2)13-27(30)48-4/h6-9,12-13,15-17,25,28,41H,5,10-11,14H2,1-4H3,(H,42,43)(H,44,45)/t25-,28+/m0/s1. The first-order valence-electron chi connectivity index (χ1n) is 14.8. The van der Waals surface area contributed by atoms with E-state index in [1.807, 2.05) is 17.4 Å². The molecule has 0 saturated heterocycles. The molecule has 0 aliphatic heterocycles. The SMILES string of the molecule is CC[C@@H](Nc1cc(F)c(C(=O)N[C@@H](Cc2cnc(-c3c(OC)cc(CCOC)cc3OC)c3ccccc23)C(=O)O)c(F)c1)C(F)(F)F. The van der Waals surface area contributed by atoms with E-state index in [-0.39, 0.29) is 6.42 Å². The Labute approximate surface area is 273 Å². The molecular formula is C34H34F5N3O6. The van der Waals surface area contributed by atoms with Gasteiger partial charge in [0, 0.05) is 30.8 Å². The number of nitrogens with zero attached hydrogens (tertiary/aromatic N) is 1. The van der Waals surface area contributed by atoms with E-state index in [4.69, 9.17) is 14.2 Å². The molecule has 4 rings (SSSR count). The molecule has 0 spiro atoms. The molecule has 0 aliphatic rings. The number of hydrogen-bond acceptors (Lipinski definition) is 7. The van der Waals surface area contributed by atoms with E-state index in [9.17, 15) is 36.6 Å². The number of anilines is 1. The molecule has 9 nitrogen and oxygen atoms in total. The number of nitrogens with one attached hydrogen (secondary N) is 2. The predicted molar refractivity (Wildman–Crippen MR) is 169 cm³/mol. The summed E-state index contributed by atoms with van der Waals surface area (Å²) in [5.41, 5.74) is 0.659. The Morgan fingerprint density at radius 2 is 1.56 bits per heavy atom. The van der Waals surface area contributed by atoms with Gasteiger partial charge in [0.1, 0.15) is 40.8 Å². The second-order valence-electron chi connectivity index (χ2n) is 10.8. The van der Waals surface area contributed by atoms with E-state index in [1.54, 1.807) is 31.4 Å². The van der Waals surface area contributed by atoms with Crippen LogP contribution < -0.4 is 20.1 Å². The molecule has 1 heterocycles. The number of methoxy groups -OCH3 is 3. The Morgan fingerprint density at radius 3 is 2.08 bits per heavy atom. The number of hydrogen-bond donors (Lipinski definition) is 3. The molecular weight excluding hydrogens is 641 g/mol. The Hall–Kier alpha value is -4.98. The number of pyridine rings is 1. The van der Waals surface area contributed by atoms with Crippen LogP contribution in [0.25, 0.3) is 22.0 Å². The van der Waals surface area contributed by atoms with Crippen molar-refractivity contribution in [3.05, 3.63) is 83.1 Å². The topological polar surface area (TPSA) is 119 Å². The number of aromatic nitrogens is 1. The highest BCUT2D eigenvalue weighted by Crippen LogP contribution is 2.42. The van der Waals surface area contributed by atoms with Crippen LogP contribution in [0.15, 0.2) is 54.7 Å². The summed E-state index contributed by atoms with van der Waals surface area (Å²) in [7, 11) is 4.61. The molecule has 256 valence electrons. The molecule has 0 radical (unpaired) electrons. The Kier molecular flexibility index (Phi) is 11.4. The van der Waals surface area contributed by atoms with Crippen molar-refractivity contribution >= 4 is 28.3 Å². The van der Waals surface area contributed by atoms with Gasteiger partial charge in [0.2, 0.25) is 0 Å². The van der Waals surface area contributed by atoms with Crippen LogP contribution in [0.3, 0.4) is 0 Å². The molecule has 4 aromatic rings. The lowest BCUT2D eigenvalue weighted by molar-refractivity contribution is -0.143. The van der Waals surface area contributed by atoms with E-state index in [1.165, 1.54) is 27.3 Å². The largest absolute Gasteiger partial charge is 0.496 e. The molecule has 3 N–H and O–H groups in total. The minimum absolute atomic E-state index is 0.328. The molecule has 3 aromatic carbocycles. The maximum absolute atomic E-state index is 14.9. The third-order valence-corrected chi connectivity index (χ3v) is 7.72. The van der Waals surface area contributed by atoms with Crippen LogP contribution in [0.5, 0.6) is 11.5 Å². The van der Waals surface area contributed by atoms with Gasteiger partial charge in [-0.25, -0.2) is 13.6 Å². The van der Waals surface area contributed by atoms with Gasteiger partial charge in [-0.3, -0.25) is 9.78 Å². The fraction of sp³-hybridized carbons (Fsp3) is 0.324. The number of benzene rings is 3. The molecule has 48 heavy (non-hydrogen) atoms. The van der Waals surface area contributed by atoms with Crippen molar-refractivity contribution in [1.82, 2.24) is 10.3 Å². The number of carbonyl (C=O) groups is 2. The van der Waals surface area contributed by atoms with E-state index < -0.39 is 59.4 Å². The maximum Gasteiger partial charge on any atom is 0.408 e. The zero-order valence-electron chi connectivity index (χ0n) is 26.5. The fourth-order valence-corrected chi connectivity index (χ4v) is 5.32. The molecule has 1 aromatic heterocycles. The van der Waals surface area contributed by atoms with E-state index in [2.05, 4.69) is 10.3 Å². The van der Waals surface area contributed by atoms with Crippen LogP contribution >= 0.6 is 0 Å². The van der Waals surface area contributed by atoms with Crippen molar-refractivity contribution in [2.45, 2.75) is 44.4 Å². The summed E-state index contributed by atoms with van der Waals surface area (Å²) in [6.45, 7) is 1.72. The highest BCUT2D eigenvalue weighted by molar-refractivity contribution is 6.00. The second-order valence-corrected chi connectivity index (χ2v) is 10.8. The number of carbonyl (C=O) groups excluding carboxylic acids is 1. The molecule has 1 amide bonds. The molecule has 0 bridgehead atoms. The normalized spacial score (nSPS) is 12.8. The lowest BCUT2D eigenvalue weighted by Crippen LogP contribution is -2.43. The van der Waals surface area contributed by atoms with Gasteiger partial charge in [-0.2, -0.15) is 13.2 Å². The minimum atomic E-state index is -4.68. The summed E-state index contributed by atoms with van der Waals surface area (Å²) >= 11 is 0. The Morgan fingerprint density at radius 1 is 0.958 bits per heavy atom. The summed E-state index contributed by atoms with van der Waals surface area (Å²) < 4.78 is 85.8. The molecule has 0 saturated carbocycles. The lowest BCUT2D eigenvalue weighted by atomic mass is 9.95. The van der Waals surface area contributed by atoms with Gasteiger partial charge in [-0.15, -0.1) is 0 Å². The van der Waals surface area contributed by atoms with Gasteiger partial charge in [-0.05, 0) is 53.6 Å². The van der Waals surface area contributed by atoms with E-state index in [0.29, 0.717) is 64.3 Å². The molecule has 0 unspecified atom stereocenters. The van der Waals surface area contributed by atoms with Gasteiger partial charge in [0.15, 0.2) is 0 Å². The van der Waals surface area contributed by atoms with Crippen molar-refractivity contribution in [3.63, 3.8) is 0 Å². The van der Waals surface area contributed by atoms with Crippen molar-refractivity contribution in [2.75, 3.05) is 33.3 Å². The van der Waals surface area contributed by atoms with Crippen molar-refractivity contribution in [3.8, 4) is 22.8 Å². The van der Waals surface area contributed by atoms with E-state index >= 15 is 0 Å². The average Bonchev–Trinajstić information content (AvgIpc) is 3.04. The van der Waals surface area contributed by atoms with Crippen LogP contribution in [0.2, 0.25) is 0 Å². The Balaban J connectivity index is 1.66. The number of fused-ring (bicyclic) bond motifs is 1. The lowest BCUT2D eigenvalue weighted by Gasteiger charge is -2.22. The molecule has 2 atom stereocenters. The number of alkyl halides is 3. The molecule has 14 heteroatoms. The van der Waals surface area contributed by atoms with E-state index in [0.717, 1.165) is 5.56 Å². The minimum Gasteiger partial charge on any atom is -0.496 e. The highest BCUT2D eigenvalue weighted by atomic mass is 19.4. The third-order valence-electron chi connectivity index (χ3n) is 7.72. The first-order valence-corrected chi connectivity index (χ1v) is 14.8. The third kappa shape index (κ3) is 7.93. The summed E-state index contributed by atoms with van der Waals surface area (Å²) in [5.74, 6) is -4.87. The zero-order valence-corrected chi connectivity index (χ0v) is 26.5. The van der Waals surface area contributed by atoms with Crippen molar-refractivity contribution in [2.24, 2.45) is 0 Å². The molecule has 0 aliphatic carbocycles. The van der Waals surface area contributed by atoms with Crippen LogP contribution in [-0.2, 0) is 22.4 Å². The summed E-state index contributed by atoms with van der Waals surface area (Å²) in [6.07, 6.45) is -3.39. The number of aliphatic carboxylic acids is 1.